The zero-order valence-corrected chi connectivity index (χ0v) is 10.7. The lowest BCUT2D eigenvalue weighted by Gasteiger charge is -2.33. The van der Waals surface area contributed by atoms with Crippen molar-refractivity contribution in [2.45, 2.75) is 50.2 Å². The van der Waals surface area contributed by atoms with Crippen LogP contribution in [0.15, 0.2) is 34.9 Å². The van der Waals surface area contributed by atoms with Gasteiger partial charge in [-0.15, -0.1) is 0 Å². The molecule has 0 radical (unpaired) electrons. The molecule has 1 spiro atoms. The highest BCUT2D eigenvalue weighted by Gasteiger charge is 2.54. The summed E-state index contributed by atoms with van der Waals surface area (Å²) in [6, 6.07) is 0. The van der Waals surface area contributed by atoms with Crippen molar-refractivity contribution in [2.75, 3.05) is 6.61 Å². The van der Waals surface area contributed by atoms with Gasteiger partial charge in [-0.3, -0.25) is 0 Å². The quantitative estimate of drug-likeness (QED) is 0.719. The van der Waals surface area contributed by atoms with E-state index in [0.29, 0.717) is 5.92 Å². The molecule has 18 heavy (non-hydrogen) atoms. The van der Waals surface area contributed by atoms with Crippen LogP contribution in [0.4, 0.5) is 0 Å². The highest BCUT2D eigenvalue weighted by Crippen LogP contribution is 2.56. The molecule has 4 rings (SSSR count). The summed E-state index contributed by atoms with van der Waals surface area (Å²) in [5.74, 6) is 0.583. The van der Waals surface area contributed by atoms with Crippen LogP contribution in [-0.2, 0) is 4.74 Å². The molecule has 2 heteroatoms. The van der Waals surface area contributed by atoms with Crippen LogP contribution < -0.4 is 0 Å². The van der Waals surface area contributed by atoms with Crippen LogP contribution in [0.1, 0.15) is 38.5 Å². The molecule has 1 fully saturated rings. The first-order valence-electron chi connectivity index (χ1n) is 7.14. The van der Waals surface area contributed by atoms with Gasteiger partial charge in [-0.25, -0.2) is 0 Å². The van der Waals surface area contributed by atoms with Crippen LogP contribution in [0.5, 0.6) is 0 Å². The maximum atomic E-state index is 9.67. The predicted octanol–water partition coefficient (Wildman–Crippen LogP) is 2.89. The molecule has 1 unspecified atom stereocenters. The van der Waals surface area contributed by atoms with Crippen molar-refractivity contribution in [3.63, 3.8) is 0 Å². The molecule has 1 saturated carbocycles. The minimum Gasteiger partial charge on any atom is -0.392 e. The Balaban J connectivity index is 1.85. The number of aliphatic hydroxyl groups is 1. The third-order valence-electron chi connectivity index (χ3n) is 5.43. The Hall–Kier alpha value is -0.860. The van der Waals surface area contributed by atoms with Crippen molar-refractivity contribution in [2.24, 2.45) is 5.92 Å². The first-order valence-corrected chi connectivity index (χ1v) is 7.14. The second-order valence-corrected chi connectivity index (χ2v) is 6.19. The smallest absolute Gasteiger partial charge is 0.102 e. The summed E-state index contributed by atoms with van der Waals surface area (Å²) in [5, 5.41) is 9.67. The Bertz CT molecular complexity index is 485. The lowest BCUT2D eigenvalue weighted by atomic mass is 9.79. The summed E-state index contributed by atoms with van der Waals surface area (Å²) in [6.45, 7) is 4.36. The Kier molecular flexibility index (Phi) is 2.19. The number of hydrogen-bond donors (Lipinski definition) is 1. The van der Waals surface area contributed by atoms with E-state index in [4.69, 9.17) is 4.74 Å². The molecule has 3 atom stereocenters. The van der Waals surface area contributed by atoms with Crippen molar-refractivity contribution >= 4 is 0 Å². The molecule has 96 valence electrons. The van der Waals surface area contributed by atoms with E-state index in [1.165, 1.54) is 36.8 Å². The van der Waals surface area contributed by atoms with Crippen molar-refractivity contribution in [1.29, 1.82) is 0 Å². The first-order chi connectivity index (χ1) is 8.74. The largest absolute Gasteiger partial charge is 0.392 e. The molecule has 2 heterocycles. The second kappa shape index (κ2) is 3.58. The lowest BCUT2D eigenvalue weighted by molar-refractivity contribution is -0.0399. The molecule has 0 aromatic carbocycles. The van der Waals surface area contributed by atoms with E-state index >= 15 is 0 Å². The molecule has 0 amide bonds. The third kappa shape index (κ3) is 1.20. The van der Waals surface area contributed by atoms with Crippen molar-refractivity contribution in [3.8, 4) is 0 Å². The summed E-state index contributed by atoms with van der Waals surface area (Å²) < 4.78 is 6.45. The summed E-state index contributed by atoms with van der Waals surface area (Å²) >= 11 is 0. The van der Waals surface area contributed by atoms with Crippen molar-refractivity contribution < 1.29 is 9.84 Å². The molecule has 2 nitrogen and oxygen atoms in total. The van der Waals surface area contributed by atoms with E-state index < -0.39 is 0 Å². The average Bonchev–Trinajstić information content (AvgIpc) is 2.99. The van der Waals surface area contributed by atoms with E-state index in [9.17, 15) is 5.11 Å². The number of fused-ring (bicyclic) bond motifs is 2. The molecule has 4 aliphatic rings. The van der Waals surface area contributed by atoms with Crippen LogP contribution in [-0.4, -0.2) is 23.4 Å². The van der Waals surface area contributed by atoms with Crippen LogP contribution in [0.3, 0.4) is 0 Å². The maximum absolute atomic E-state index is 9.67. The Labute approximate surface area is 108 Å². The zero-order chi connectivity index (χ0) is 12.3. The monoisotopic (exact) mass is 244 g/mol. The predicted molar refractivity (Wildman–Crippen MR) is 70.1 cm³/mol. The summed E-state index contributed by atoms with van der Waals surface area (Å²) in [5.41, 5.74) is 5.23. The van der Waals surface area contributed by atoms with Gasteiger partial charge in [-0.05, 0) is 67.2 Å². The number of hydrogen-bond acceptors (Lipinski definition) is 2. The van der Waals surface area contributed by atoms with Gasteiger partial charge >= 0.3 is 0 Å². The van der Waals surface area contributed by atoms with E-state index in [1.54, 1.807) is 5.57 Å². The molecular formula is C16H20O2. The van der Waals surface area contributed by atoms with Gasteiger partial charge in [0.15, 0.2) is 0 Å². The summed E-state index contributed by atoms with van der Waals surface area (Å²) in [4.78, 5) is 0. The van der Waals surface area contributed by atoms with Gasteiger partial charge in [0, 0.05) is 0 Å². The van der Waals surface area contributed by atoms with E-state index in [0.717, 1.165) is 18.4 Å². The fourth-order valence-electron chi connectivity index (χ4n) is 4.61. The maximum Gasteiger partial charge on any atom is 0.102 e. The van der Waals surface area contributed by atoms with Gasteiger partial charge in [0.1, 0.15) is 6.10 Å². The fourth-order valence-corrected chi connectivity index (χ4v) is 4.61. The van der Waals surface area contributed by atoms with Crippen molar-refractivity contribution in [3.05, 3.63) is 34.9 Å². The molecular weight excluding hydrogens is 224 g/mol. The van der Waals surface area contributed by atoms with Crippen LogP contribution in [0, 0.1) is 5.92 Å². The third-order valence-corrected chi connectivity index (χ3v) is 5.43. The van der Waals surface area contributed by atoms with Gasteiger partial charge in [0.05, 0.1) is 12.2 Å². The normalized spacial score (nSPS) is 41.8. The fraction of sp³-hybridized carbons (Fsp3) is 0.625. The highest BCUT2D eigenvalue weighted by atomic mass is 16.5. The van der Waals surface area contributed by atoms with E-state index in [-0.39, 0.29) is 18.3 Å². The van der Waals surface area contributed by atoms with Gasteiger partial charge in [-0.2, -0.15) is 0 Å². The van der Waals surface area contributed by atoms with Gasteiger partial charge < -0.3 is 9.84 Å². The van der Waals surface area contributed by atoms with Crippen LogP contribution >= 0.6 is 0 Å². The average molecular weight is 244 g/mol. The Morgan fingerprint density at radius 2 is 2.33 bits per heavy atom. The SMILES string of the molecule is C=C1CCC2=C1C1C=C(CO)[C@]3(CCC[C@H]3C2)O1. The topological polar surface area (TPSA) is 29.5 Å². The number of rotatable bonds is 1. The first kappa shape index (κ1) is 11.0. The zero-order valence-electron chi connectivity index (χ0n) is 10.7. The molecule has 2 aliphatic heterocycles. The van der Waals surface area contributed by atoms with Gasteiger partial charge in [-0.1, -0.05) is 12.2 Å². The van der Waals surface area contributed by atoms with Crippen LogP contribution in [0.25, 0.3) is 0 Å². The minimum atomic E-state index is -0.135. The summed E-state index contributed by atoms with van der Waals surface area (Å²) in [6.07, 6.45) is 9.29. The second-order valence-electron chi connectivity index (χ2n) is 6.19. The number of allylic oxidation sites excluding steroid dienone is 1. The Morgan fingerprint density at radius 3 is 3.17 bits per heavy atom. The standard InChI is InChI=1S/C16H20O2/c1-10-4-5-11-7-12-3-2-6-16(12)13(9-17)8-14(18-16)15(10)11/h8,12,14,17H,1-7,9H2/t12-,14?,16+/m0/s1. The lowest BCUT2D eigenvalue weighted by Crippen LogP contribution is -2.37. The number of aliphatic hydroxyl groups excluding tert-OH is 1. The molecule has 2 bridgehead atoms. The molecule has 1 N–H and O–H groups in total. The molecule has 2 aliphatic carbocycles. The number of ether oxygens (including phenoxy) is 1. The van der Waals surface area contributed by atoms with Crippen molar-refractivity contribution in [1.82, 2.24) is 0 Å². The van der Waals surface area contributed by atoms with E-state index in [1.807, 2.05) is 0 Å². The van der Waals surface area contributed by atoms with Gasteiger partial charge in [0.25, 0.3) is 0 Å². The van der Waals surface area contributed by atoms with Crippen LogP contribution in [0.2, 0.25) is 0 Å². The highest BCUT2D eigenvalue weighted by molar-refractivity contribution is 5.49. The van der Waals surface area contributed by atoms with E-state index in [2.05, 4.69) is 12.7 Å². The minimum absolute atomic E-state index is 0.0836. The summed E-state index contributed by atoms with van der Waals surface area (Å²) in [7, 11) is 0. The molecule has 0 aromatic heterocycles. The molecule has 0 aromatic rings. The molecule has 0 saturated heterocycles. The van der Waals surface area contributed by atoms with Gasteiger partial charge in [0.2, 0.25) is 0 Å². The Morgan fingerprint density at radius 1 is 1.44 bits per heavy atom.